The van der Waals surface area contributed by atoms with E-state index in [4.69, 9.17) is 0 Å². The summed E-state index contributed by atoms with van der Waals surface area (Å²) in [6.07, 6.45) is 13.9. The number of aliphatic imine (C=N–C) groups is 1. The number of nitrogens with one attached hydrogen (secondary N) is 3. The third-order valence-electron chi connectivity index (χ3n) is 8.44. The van der Waals surface area contributed by atoms with Gasteiger partial charge in [0.15, 0.2) is 0 Å². The number of carbonyl (C=O) groups excluding carboxylic acids is 2. The van der Waals surface area contributed by atoms with Crippen LogP contribution in [0.4, 0.5) is 0 Å². The zero-order valence-electron chi connectivity index (χ0n) is 26.2. The molecular formula is C35H46N4O2. The summed E-state index contributed by atoms with van der Waals surface area (Å²) in [6.45, 7) is 16.9. The van der Waals surface area contributed by atoms with Gasteiger partial charge in [-0.05, 0) is 105 Å². The van der Waals surface area contributed by atoms with Gasteiger partial charge in [0.05, 0.1) is 5.71 Å². The van der Waals surface area contributed by atoms with E-state index in [9.17, 15) is 9.59 Å². The van der Waals surface area contributed by atoms with Gasteiger partial charge in [0.2, 0.25) is 0 Å². The first-order chi connectivity index (χ1) is 19.6. The van der Waals surface area contributed by atoms with Crippen LogP contribution in [-0.4, -0.2) is 27.5 Å². The molecule has 6 heteroatoms. The van der Waals surface area contributed by atoms with E-state index < -0.39 is 0 Å². The fourth-order valence-corrected chi connectivity index (χ4v) is 6.05. The van der Waals surface area contributed by atoms with Crippen LogP contribution >= 0.6 is 0 Å². The second-order valence-corrected chi connectivity index (χ2v) is 11.4. The van der Waals surface area contributed by atoms with Crippen LogP contribution < -0.4 is 16.0 Å². The van der Waals surface area contributed by atoms with Crippen molar-refractivity contribution in [2.24, 2.45) is 4.99 Å². The van der Waals surface area contributed by atoms with Crippen molar-refractivity contribution < 1.29 is 9.59 Å². The number of rotatable bonds is 11. The van der Waals surface area contributed by atoms with Crippen molar-refractivity contribution in [3.63, 3.8) is 0 Å². The zero-order chi connectivity index (χ0) is 29.8. The lowest BCUT2D eigenvalue weighted by Crippen LogP contribution is -2.15. The fraction of sp³-hybridized carbons (Fsp3) is 0.457. The predicted molar refractivity (Wildman–Crippen MR) is 170 cm³/mol. The number of hydrogen-bond acceptors (Lipinski definition) is 2. The lowest BCUT2D eigenvalue weighted by molar-refractivity contribution is -0.116. The quantitative estimate of drug-likeness (QED) is 0.311. The lowest BCUT2D eigenvalue weighted by Gasteiger charge is -2.05. The summed E-state index contributed by atoms with van der Waals surface area (Å²) in [7, 11) is 0. The molecular weight excluding hydrogens is 508 g/mol. The van der Waals surface area contributed by atoms with Crippen molar-refractivity contribution in [2.75, 3.05) is 0 Å². The number of carbonyl (C=O) groups is 2. The van der Waals surface area contributed by atoms with E-state index in [0.29, 0.717) is 0 Å². The summed E-state index contributed by atoms with van der Waals surface area (Å²) in [5.74, 6) is -0.0986. The van der Waals surface area contributed by atoms with Crippen LogP contribution in [0.25, 0.3) is 18.2 Å². The monoisotopic (exact) mass is 554 g/mol. The van der Waals surface area contributed by atoms with E-state index in [1.54, 1.807) is 0 Å². The summed E-state index contributed by atoms with van der Waals surface area (Å²) in [4.78, 5) is 36.7. The third kappa shape index (κ3) is 6.02. The van der Waals surface area contributed by atoms with Gasteiger partial charge in [-0.2, -0.15) is 0 Å². The van der Waals surface area contributed by atoms with E-state index in [-0.39, 0.29) is 11.8 Å². The number of nitrogens with zero attached hydrogens (tertiary/aromatic N) is 1. The smallest absolute Gasteiger partial charge is 0.273 e. The Kier molecular flexibility index (Phi) is 9.52. The van der Waals surface area contributed by atoms with Crippen LogP contribution in [0.3, 0.4) is 0 Å². The molecule has 2 aromatic heterocycles. The molecule has 4 rings (SSSR count). The van der Waals surface area contributed by atoms with Crippen molar-refractivity contribution >= 4 is 35.8 Å². The van der Waals surface area contributed by atoms with E-state index in [0.717, 1.165) is 107 Å². The number of aromatic nitrogens is 2. The largest absolute Gasteiger partial charge is 0.355 e. The van der Waals surface area contributed by atoms with Crippen LogP contribution in [0.5, 0.6) is 0 Å². The maximum Gasteiger partial charge on any atom is 0.273 e. The SMILES string of the molecule is CCCC1=C(C)C(C=c2[nH]c(=Cc3[nH]c(/C=C4\NC(=O)C(C)=C4CCC)c(C)c3CCC)c(CCC)c2C)=NC1=O. The van der Waals surface area contributed by atoms with E-state index in [2.05, 4.69) is 74.0 Å². The van der Waals surface area contributed by atoms with E-state index >= 15 is 0 Å². The summed E-state index contributed by atoms with van der Waals surface area (Å²) in [5, 5.41) is 5.17. The summed E-state index contributed by atoms with van der Waals surface area (Å²) in [5.41, 5.74) is 12.6. The van der Waals surface area contributed by atoms with Gasteiger partial charge >= 0.3 is 0 Å². The van der Waals surface area contributed by atoms with Gasteiger partial charge in [-0.15, -0.1) is 0 Å². The molecule has 0 fully saturated rings. The molecule has 4 heterocycles. The normalized spacial score (nSPS) is 17.7. The second-order valence-electron chi connectivity index (χ2n) is 11.4. The molecule has 0 unspecified atom stereocenters. The summed E-state index contributed by atoms with van der Waals surface area (Å²) >= 11 is 0. The van der Waals surface area contributed by atoms with Crippen LogP contribution in [-0.2, 0) is 22.4 Å². The molecule has 3 N–H and O–H groups in total. The molecule has 2 aliphatic heterocycles. The Morgan fingerprint density at radius 1 is 0.634 bits per heavy atom. The van der Waals surface area contributed by atoms with Gasteiger partial charge in [-0.3, -0.25) is 9.59 Å². The number of aromatic amines is 2. The first-order valence-corrected chi connectivity index (χ1v) is 15.3. The molecule has 218 valence electrons. The lowest BCUT2D eigenvalue weighted by atomic mass is 10.0. The minimum atomic E-state index is -0.0984. The minimum Gasteiger partial charge on any atom is -0.355 e. The first-order valence-electron chi connectivity index (χ1n) is 15.3. The highest BCUT2D eigenvalue weighted by Crippen LogP contribution is 2.29. The maximum atomic E-state index is 12.5. The highest BCUT2D eigenvalue weighted by Gasteiger charge is 2.24. The van der Waals surface area contributed by atoms with Crippen molar-refractivity contribution in [1.82, 2.24) is 15.3 Å². The third-order valence-corrected chi connectivity index (χ3v) is 8.44. The molecule has 0 radical (unpaired) electrons. The van der Waals surface area contributed by atoms with Gasteiger partial charge in [-0.25, -0.2) is 4.99 Å². The Hall–Kier alpha value is -3.67. The Labute approximate surface area is 244 Å². The van der Waals surface area contributed by atoms with Crippen LogP contribution in [0.2, 0.25) is 0 Å². The molecule has 0 saturated carbocycles. The molecule has 0 spiro atoms. The van der Waals surface area contributed by atoms with Crippen LogP contribution in [0.1, 0.15) is 114 Å². The second kappa shape index (κ2) is 12.9. The minimum absolute atomic E-state index is 0.000196. The van der Waals surface area contributed by atoms with Crippen LogP contribution in [0.15, 0.2) is 33.0 Å². The Bertz CT molecular complexity index is 1620. The van der Waals surface area contributed by atoms with Crippen molar-refractivity contribution in [2.45, 2.75) is 107 Å². The highest BCUT2D eigenvalue weighted by molar-refractivity contribution is 6.30. The van der Waals surface area contributed by atoms with E-state index in [1.807, 2.05) is 19.9 Å². The van der Waals surface area contributed by atoms with Gasteiger partial charge in [-0.1, -0.05) is 53.4 Å². The average Bonchev–Trinajstić information content (AvgIpc) is 3.57. The van der Waals surface area contributed by atoms with Gasteiger partial charge in [0.25, 0.3) is 11.8 Å². The molecule has 0 saturated heterocycles. The number of H-pyrrole nitrogens is 2. The van der Waals surface area contributed by atoms with Gasteiger partial charge in [0, 0.05) is 38.9 Å². The first kappa shape index (κ1) is 30.3. The molecule has 0 aromatic carbocycles. The number of hydrogen-bond donors (Lipinski definition) is 3. The van der Waals surface area contributed by atoms with Crippen molar-refractivity contribution in [1.29, 1.82) is 0 Å². The van der Waals surface area contributed by atoms with Gasteiger partial charge in [0.1, 0.15) is 0 Å². The topological polar surface area (TPSA) is 90.1 Å². The zero-order valence-corrected chi connectivity index (χ0v) is 26.2. The fourth-order valence-electron chi connectivity index (χ4n) is 6.05. The van der Waals surface area contributed by atoms with Gasteiger partial charge < -0.3 is 15.3 Å². The van der Waals surface area contributed by atoms with E-state index in [1.165, 1.54) is 22.3 Å². The Morgan fingerprint density at radius 2 is 1.27 bits per heavy atom. The maximum absolute atomic E-state index is 12.5. The molecule has 41 heavy (non-hydrogen) atoms. The molecule has 2 aliphatic rings. The Morgan fingerprint density at radius 3 is 1.93 bits per heavy atom. The van der Waals surface area contributed by atoms with Crippen molar-refractivity contribution in [3.05, 3.63) is 72.3 Å². The molecule has 0 atom stereocenters. The van der Waals surface area contributed by atoms with Crippen molar-refractivity contribution in [3.8, 4) is 0 Å². The summed E-state index contributed by atoms with van der Waals surface area (Å²) < 4.78 is 0. The molecule has 2 aromatic rings. The summed E-state index contributed by atoms with van der Waals surface area (Å²) in [6, 6.07) is 0. The highest BCUT2D eigenvalue weighted by atomic mass is 16.2. The number of amides is 2. The average molecular weight is 555 g/mol. The molecule has 2 amide bonds. The Balaban J connectivity index is 1.85. The predicted octanol–water partition coefficient (Wildman–Crippen LogP) is 6.16. The molecule has 6 nitrogen and oxygen atoms in total. The molecule has 0 aliphatic carbocycles. The van der Waals surface area contributed by atoms with Crippen LogP contribution in [0, 0.1) is 13.8 Å². The number of allylic oxidation sites excluding steroid dienone is 2. The molecule has 0 bridgehead atoms. The standard InChI is InChI=1S/C35H46N4O2/c1-9-13-24-20(5)28(17-30-22(7)27(16-12-4)35(41)38-30)36-31(24)19-32-25(14-10-2)21(6)29(37-32)18-33-26(15-11-3)23(8)34(40)39-33/h17-19,36-37H,9-16H2,1-8H3,(H,39,40)/b28-17?,31-19?,33-18-.